The van der Waals surface area contributed by atoms with Gasteiger partial charge in [0, 0.05) is 32.1 Å². The Kier molecular flexibility index (Phi) is 6.10. The number of carbonyl (C=O) groups excluding carboxylic acids is 1. The number of imidazole rings is 1. The number of aryl methyl sites for hydroxylation is 1. The molecular weight excluding hydrogens is 364 g/mol. The van der Waals surface area contributed by atoms with E-state index < -0.39 is 0 Å². The molecule has 0 aliphatic carbocycles. The van der Waals surface area contributed by atoms with Crippen molar-refractivity contribution in [3.8, 4) is 0 Å². The van der Waals surface area contributed by atoms with Crippen molar-refractivity contribution in [3.05, 3.63) is 70.6 Å². The highest BCUT2D eigenvalue weighted by atomic mass is 16.2. The van der Waals surface area contributed by atoms with Gasteiger partial charge < -0.3 is 15.2 Å². The van der Waals surface area contributed by atoms with Crippen molar-refractivity contribution in [2.75, 3.05) is 19.6 Å². The van der Waals surface area contributed by atoms with E-state index in [1.165, 1.54) is 5.56 Å². The highest BCUT2D eigenvalue weighted by Gasteiger charge is 2.21. The summed E-state index contributed by atoms with van der Waals surface area (Å²) in [5, 5.41) is 3.17. The number of benzene rings is 2. The van der Waals surface area contributed by atoms with Gasteiger partial charge in [0.25, 0.3) is 0 Å². The topological polar surface area (TPSA) is 70.1 Å². The third-order valence-corrected chi connectivity index (χ3v) is 5.67. The number of carbonyl (C=O) groups is 1. The van der Waals surface area contributed by atoms with Gasteiger partial charge in [0.05, 0.1) is 11.0 Å². The zero-order valence-corrected chi connectivity index (χ0v) is 16.6. The van der Waals surface area contributed by atoms with Crippen molar-refractivity contribution >= 4 is 16.9 Å². The number of H-pyrrole nitrogens is 1. The molecule has 0 radical (unpaired) electrons. The van der Waals surface area contributed by atoms with Crippen LogP contribution in [0, 0.1) is 0 Å². The molecule has 1 aliphatic heterocycles. The van der Waals surface area contributed by atoms with Gasteiger partial charge in [-0.3, -0.25) is 9.36 Å². The molecule has 6 heteroatoms. The number of aromatic nitrogens is 2. The highest BCUT2D eigenvalue weighted by molar-refractivity contribution is 5.77. The summed E-state index contributed by atoms with van der Waals surface area (Å²) < 4.78 is 1.64. The maximum Gasteiger partial charge on any atom is 0.326 e. The minimum atomic E-state index is -0.163. The van der Waals surface area contributed by atoms with Crippen molar-refractivity contribution in [2.45, 2.75) is 38.3 Å². The van der Waals surface area contributed by atoms with Gasteiger partial charge in [-0.15, -0.1) is 0 Å². The number of aromatic amines is 1. The molecule has 2 aromatic carbocycles. The molecule has 0 unspecified atom stereocenters. The molecule has 0 spiro atoms. The van der Waals surface area contributed by atoms with Crippen molar-refractivity contribution < 1.29 is 4.79 Å². The van der Waals surface area contributed by atoms with E-state index in [0.29, 0.717) is 13.0 Å². The normalized spacial score (nSPS) is 17.4. The number of para-hydroxylation sites is 2. The summed E-state index contributed by atoms with van der Waals surface area (Å²) in [6.07, 6.45) is 3.45. The molecule has 1 atom stereocenters. The molecule has 1 aromatic heterocycles. The van der Waals surface area contributed by atoms with Crippen molar-refractivity contribution in [3.63, 3.8) is 0 Å². The summed E-state index contributed by atoms with van der Waals surface area (Å²) in [4.78, 5) is 29.9. The number of rotatable bonds is 7. The predicted molar refractivity (Wildman–Crippen MR) is 115 cm³/mol. The number of amides is 1. The van der Waals surface area contributed by atoms with Gasteiger partial charge >= 0.3 is 5.69 Å². The van der Waals surface area contributed by atoms with E-state index >= 15 is 0 Å². The number of fused-ring (bicyclic) bond motifs is 1. The SMILES string of the molecule is O=C(CCn1c(=O)[nH]c2ccccc21)N[C@H]1CCCN(CCc2ccccc2)C1. The van der Waals surface area contributed by atoms with Crippen LogP contribution in [0.2, 0.25) is 0 Å². The standard InChI is InChI=1S/C23H28N4O2/c28-22(13-16-27-21-11-5-4-10-20(21)25-23(27)29)24-19-9-6-14-26(17-19)15-12-18-7-2-1-3-8-18/h1-5,7-8,10-11,19H,6,9,12-17H2,(H,24,28)(H,25,29)/t19-/m0/s1. The second kappa shape index (κ2) is 9.09. The Bertz CT molecular complexity index is 1010. The monoisotopic (exact) mass is 392 g/mol. The summed E-state index contributed by atoms with van der Waals surface area (Å²) in [5.74, 6) is 0.0112. The van der Waals surface area contributed by atoms with Gasteiger partial charge in [-0.25, -0.2) is 4.79 Å². The van der Waals surface area contributed by atoms with Crippen molar-refractivity contribution in [2.24, 2.45) is 0 Å². The Morgan fingerprint density at radius 2 is 1.86 bits per heavy atom. The zero-order chi connectivity index (χ0) is 20.1. The van der Waals surface area contributed by atoms with Gasteiger partial charge in [-0.2, -0.15) is 0 Å². The molecule has 3 aromatic rings. The summed E-state index contributed by atoms with van der Waals surface area (Å²) in [5.41, 5.74) is 2.83. The van der Waals surface area contributed by atoms with Crippen molar-refractivity contribution in [1.29, 1.82) is 0 Å². The maximum absolute atomic E-state index is 12.5. The van der Waals surface area contributed by atoms with Gasteiger partial charge in [-0.1, -0.05) is 42.5 Å². The van der Waals surface area contributed by atoms with Gasteiger partial charge in [-0.05, 0) is 43.5 Å². The van der Waals surface area contributed by atoms with Crippen LogP contribution < -0.4 is 11.0 Å². The number of hydrogen-bond acceptors (Lipinski definition) is 3. The Morgan fingerprint density at radius 1 is 1.07 bits per heavy atom. The molecule has 152 valence electrons. The Labute approximate surface area is 170 Å². The lowest BCUT2D eigenvalue weighted by molar-refractivity contribution is -0.122. The van der Waals surface area contributed by atoms with E-state index in [0.717, 1.165) is 49.9 Å². The minimum absolute atomic E-state index is 0.0112. The van der Waals surface area contributed by atoms with E-state index in [9.17, 15) is 9.59 Å². The van der Waals surface area contributed by atoms with Crippen LogP contribution in [0.4, 0.5) is 0 Å². The summed E-state index contributed by atoms with van der Waals surface area (Å²) in [6, 6.07) is 18.3. The molecule has 2 N–H and O–H groups in total. The molecule has 1 saturated heterocycles. The molecule has 0 saturated carbocycles. The molecule has 1 fully saturated rings. The lowest BCUT2D eigenvalue weighted by atomic mass is 10.0. The van der Waals surface area contributed by atoms with Crippen LogP contribution in [0.1, 0.15) is 24.8 Å². The molecule has 0 bridgehead atoms. The van der Waals surface area contributed by atoms with Gasteiger partial charge in [0.2, 0.25) is 5.91 Å². The first-order chi connectivity index (χ1) is 14.2. The summed E-state index contributed by atoms with van der Waals surface area (Å²) in [7, 11) is 0. The number of piperidine rings is 1. The van der Waals surface area contributed by atoms with E-state index in [4.69, 9.17) is 0 Å². The van der Waals surface area contributed by atoms with Crippen LogP contribution in [0.5, 0.6) is 0 Å². The first-order valence-electron chi connectivity index (χ1n) is 10.4. The van der Waals surface area contributed by atoms with Gasteiger partial charge in [0.15, 0.2) is 0 Å². The third kappa shape index (κ3) is 4.95. The van der Waals surface area contributed by atoms with E-state index in [2.05, 4.69) is 39.5 Å². The smallest absolute Gasteiger partial charge is 0.326 e. The van der Waals surface area contributed by atoms with Crippen LogP contribution in [-0.2, 0) is 17.8 Å². The average Bonchev–Trinajstić information content (AvgIpc) is 3.07. The number of nitrogens with one attached hydrogen (secondary N) is 2. The molecule has 1 aliphatic rings. The maximum atomic E-state index is 12.5. The highest BCUT2D eigenvalue weighted by Crippen LogP contribution is 2.12. The average molecular weight is 393 g/mol. The molecule has 6 nitrogen and oxygen atoms in total. The fourth-order valence-electron chi connectivity index (χ4n) is 4.15. The first-order valence-corrected chi connectivity index (χ1v) is 10.4. The van der Waals surface area contributed by atoms with Crippen molar-refractivity contribution in [1.82, 2.24) is 19.8 Å². The summed E-state index contributed by atoms with van der Waals surface area (Å²) >= 11 is 0. The second-order valence-corrected chi connectivity index (χ2v) is 7.79. The van der Waals surface area contributed by atoms with Crippen LogP contribution in [0.15, 0.2) is 59.4 Å². The Morgan fingerprint density at radius 3 is 2.72 bits per heavy atom. The number of hydrogen-bond donors (Lipinski definition) is 2. The van der Waals surface area contributed by atoms with Crippen LogP contribution >= 0.6 is 0 Å². The lowest BCUT2D eigenvalue weighted by Gasteiger charge is -2.33. The lowest BCUT2D eigenvalue weighted by Crippen LogP contribution is -2.48. The van der Waals surface area contributed by atoms with Crippen LogP contribution in [0.3, 0.4) is 0 Å². The predicted octanol–water partition coefficient (Wildman–Crippen LogP) is 2.54. The first kappa shape index (κ1) is 19.5. The zero-order valence-electron chi connectivity index (χ0n) is 16.6. The fraction of sp³-hybridized carbons (Fsp3) is 0.391. The van der Waals surface area contributed by atoms with Crippen LogP contribution in [0.25, 0.3) is 11.0 Å². The third-order valence-electron chi connectivity index (χ3n) is 5.67. The largest absolute Gasteiger partial charge is 0.352 e. The number of likely N-dealkylation sites (tertiary alicyclic amines) is 1. The number of nitrogens with zero attached hydrogens (tertiary/aromatic N) is 2. The second-order valence-electron chi connectivity index (χ2n) is 7.79. The Balaban J connectivity index is 1.27. The molecule has 1 amide bonds. The fourth-order valence-corrected chi connectivity index (χ4v) is 4.15. The molecule has 2 heterocycles. The van der Waals surface area contributed by atoms with Crippen LogP contribution in [-0.4, -0.2) is 46.0 Å². The Hall–Kier alpha value is -2.86. The van der Waals surface area contributed by atoms with E-state index in [1.54, 1.807) is 4.57 Å². The molecule has 29 heavy (non-hydrogen) atoms. The van der Waals surface area contributed by atoms with E-state index in [-0.39, 0.29) is 17.6 Å². The summed E-state index contributed by atoms with van der Waals surface area (Å²) in [6.45, 7) is 3.38. The minimum Gasteiger partial charge on any atom is -0.352 e. The van der Waals surface area contributed by atoms with Gasteiger partial charge in [0.1, 0.15) is 0 Å². The quantitative estimate of drug-likeness (QED) is 0.649. The molecular formula is C23H28N4O2. The molecule has 4 rings (SSSR count). The van der Waals surface area contributed by atoms with E-state index in [1.807, 2.05) is 30.3 Å².